The van der Waals surface area contributed by atoms with E-state index in [1.807, 2.05) is 0 Å². The van der Waals surface area contributed by atoms with Gasteiger partial charge in [-0.25, -0.2) is 0 Å². The number of ketones is 1. The zero-order chi connectivity index (χ0) is 11.4. The molecule has 1 aromatic carbocycles. The minimum Gasteiger partial charge on any atom is -0.300 e. The lowest BCUT2D eigenvalue weighted by Gasteiger charge is -2.13. The highest BCUT2D eigenvalue weighted by Crippen LogP contribution is 2.24. The Hall–Kier alpha value is -1.11. The fourth-order valence-corrected chi connectivity index (χ4v) is 2.63. The molecule has 0 aromatic heterocycles. The summed E-state index contributed by atoms with van der Waals surface area (Å²) in [4.78, 5) is 11.6. The van der Waals surface area contributed by atoms with E-state index >= 15 is 0 Å². The minimum atomic E-state index is 0.468. The van der Waals surface area contributed by atoms with Gasteiger partial charge in [-0.1, -0.05) is 36.2 Å². The first-order chi connectivity index (χ1) is 7.74. The summed E-state index contributed by atoms with van der Waals surface area (Å²) in [6.45, 7) is 2.13. The van der Waals surface area contributed by atoms with Crippen LogP contribution >= 0.6 is 0 Å². The van der Waals surface area contributed by atoms with Crippen molar-refractivity contribution in [1.29, 1.82) is 0 Å². The maximum absolute atomic E-state index is 11.6. The fourth-order valence-electron chi connectivity index (χ4n) is 2.63. The van der Waals surface area contributed by atoms with Gasteiger partial charge in [0.2, 0.25) is 0 Å². The van der Waals surface area contributed by atoms with E-state index in [0.717, 1.165) is 25.7 Å². The van der Waals surface area contributed by atoms with Gasteiger partial charge in [0.15, 0.2) is 0 Å². The Bertz CT molecular complexity index is 367. The molecule has 1 aliphatic rings. The van der Waals surface area contributed by atoms with E-state index in [1.54, 1.807) is 0 Å². The summed E-state index contributed by atoms with van der Waals surface area (Å²) in [5.41, 5.74) is 2.71. The van der Waals surface area contributed by atoms with E-state index in [0.29, 0.717) is 11.7 Å². The van der Waals surface area contributed by atoms with Crippen LogP contribution in [0.4, 0.5) is 0 Å². The third-order valence-corrected chi connectivity index (χ3v) is 3.44. The van der Waals surface area contributed by atoms with Gasteiger partial charge in [0.05, 0.1) is 0 Å². The van der Waals surface area contributed by atoms with Gasteiger partial charge in [0.1, 0.15) is 5.78 Å². The van der Waals surface area contributed by atoms with Crippen LogP contribution in [0.5, 0.6) is 0 Å². The first-order valence-corrected chi connectivity index (χ1v) is 6.31. The monoisotopic (exact) mass is 216 g/mol. The average molecular weight is 216 g/mol. The molecule has 0 heterocycles. The average Bonchev–Trinajstić information content (AvgIpc) is 2.43. The molecule has 1 saturated carbocycles. The van der Waals surface area contributed by atoms with Gasteiger partial charge in [-0.05, 0) is 37.7 Å². The molecule has 1 heteroatoms. The van der Waals surface area contributed by atoms with Gasteiger partial charge in [0.25, 0.3) is 0 Å². The quantitative estimate of drug-likeness (QED) is 0.689. The smallest absolute Gasteiger partial charge is 0.133 e. The molecule has 0 bridgehead atoms. The summed E-state index contributed by atoms with van der Waals surface area (Å²) in [7, 11) is 0. The zero-order valence-electron chi connectivity index (χ0n) is 10.0. The number of aryl methyl sites for hydroxylation is 1. The molecule has 86 valence electrons. The molecular formula is C15H20O. The predicted octanol–water partition coefficient (Wildman–Crippen LogP) is 3.69. The van der Waals surface area contributed by atoms with Gasteiger partial charge in [0, 0.05) is 12.8 Å². The van der Waals surface area contributed by atoms with E-state index in [4.69, 9.17) is 0 Å². The largest absolute Gasteiger partial charge is 0.300 e. The number of carbonyl (C=O) groups excluding carboxylic acids is 1. The molecule has 0 radical (unpaired) electrons. The topological polar surface area (TPSA) is 17.1 Å². The van der Waals surface area contributed by atoms with Crippen LogP contribution in [0.1, 0.15) is 43.2 Å². The Morgan fingerprint density at radius 2 is 2.19 bits per heavy atom. The summed E-state index contributed by atoms with van der Waals surface area (Å²) in [6.07, 6.45) is 6.23. The van der Waals surface area contributed by atoms with Gasteiger partial charge < -0.3 is 0 Å². The molecule has 0 amide bonds. The van der Waals surface area contributed by atoms with E-state index < -0.39 is 0 Å². The highest BCUT2D eigenvalue weighted by atomic mass is 16.1. The normalized spacial score (nSPS) is 21.8. The van der Waals surface area contributed by atoms with Crippen molar-refractivity contribution in [3.63, 3.8) is 0 Å². The Labute approximate surface area is 97.9 Å². The van der Waals surface area contributed by atoms with Crippen molar-refractivity contribution >= 4 is 5.78 Å². The Balaban J connectivity index is 2.00. The van der Waals surface area contributed by atoms with Crippen molar-refractivity contribution in [2.75, 3.05) is 0 Å². The van der Waals surface area contributed by atoms with Gasteiger partial charge in [-0.3, -0.25) is 4.79 Å². The second kappa shape index (κ2) is 5.29. The fraction of sp³-hybridized carbons (Fsp3) is 0.533. The molecule has 1 aliphatic carbocycles. The molecule has 0 N–H and O–H groups in total. The van der Waals surface area contributed by atoms with Crippen molar-refractivity contribution in [1.82, 2.24) is 0 Å². The number of hydrogen-bond donors (Lipinski definition) is 0. The highest BCUT2D eigenvalue weighted by molar-refractivity contribution is 5.78. The lowest BCUT2D eigenvalue weighted by Crippen LogP contribution is -2.08. The van der Waals surface area contributed by atoms with Crippen LogP contribution in [0, 0.1) is 12.8 Å². The van der Waals surface area contributed by atoms with Crippen molar-refractivity contribution < 1.29 is 4.79 Å². The van der Waals surface area contributed by atoms with Crippen LogP contribution in [-0.2, 0) is 11.2 Å². The molecule has 1 nitrogen and oxygen atoms in total. The van der Waals surface area contributed by atoms with Crippen molar-refractivity contribution in [3.8, 4) is 0 Å². The lowest BCUT2D eigenvalue weighted by molar-refractivity contribution is -0.119. The SMILES string of the molecule is Cc1cccc(CC2CCCCC(=O)C2)c1. The molecule has 1 unspecified atom stereocenters. The standard InChI is InChI=1S/C15H20O/c1-12-5-4-7-13(9-12)10-14-6-2-3-8-15(16)11-14/h4-5,7,9,14H,2-3,6,8,10-11H2,1H3. The first kappa shape index (κ1) is 11.4. The van der Waals surface area contributed by atoms with Crippen molar-refractivity contribution in [2.24, 2.45) is 5.92 Å². The number of rotatable bonds is 2. The van der Waals surface area contributed by atoms with Crippen LogP contribution in [0.15, 0.2) is 24.3 Å². The number of carbonyl (C=O) groups is 1. The third kappa shape index (κ3) is 3.19. The van der Waals surface area contributed by atoms with Crippen molar-refractivity contribution in [2.45, 2.75) is 45.4 Å². The molecule has 2 rings (SSSR count). The second-order valence-corrected chi connectivity index (χ2v) is 5.05. The number of Topliss-reactive ketones (excluding diaryl/α,β-unsaturated/α-hetero) is 1. The Morgan fingerprint density at radius 3 is 3.00 bits per heavy atom. The van der Waals surface area contributed by atoms with Crippen LogP contribution < -0.4 is 0 Å². The Kier molecular flexibility index (Phi) is 3.76. The van der Waals surface area contributed by atoms with Crippen molar-refractivity contribution in [3.05, 3.63) is 35.4 Å². The number of hydrogen-bond acceptors (Lipinski definition) is 1. The van der Waals surface area contributed by atoms with Gasteiger partial charge >= 0.3 is 0 Å². The van der Waals surface area contributed by atoms with Gasteiger partial charge in [-0.15, -0.1) is 0 Å². The van der Waals surface area contributed by atoms with Crippen LogP contribution in [-0.4, -0.2) is 5.78 Å². The second-order valence-electron chi connectivity index (χ2n) is 5.05. The van der Waals surface area contributed by atoms with Gasteiger partial charge in [-0.2, -0.15) is 0 Å². The third-order valence-electron chi connectivity index (χ3n) is 3.44. The molecular weight excluding hydrogens is 196 g/mol. The Morgan fingerprint density at radius 1 is 1.31 bits per heavy atom. The van der Waals surface area contributed by atoms with E-state index in [9.17, 15) is 4.79 Å². The predicted molar refractivity (Wildman–Crippen MR) is 66.5 cm³/mol. The van der Waals surface area contributed by atoms with E-state index in [-0.39, 0.29) is 0 Å². The zero-order valence-corrected chi connectivity index (χ0v) is 10.0. The summed E-state index contributed by atoms with van der Waals surface area (Å²) in [5, 5.41) is 0. The first-order valence-electron chi connectivity index (χ1n) is 6.31. The maximum Gasteiger partial charge on any atom is 0.133 e. The summed E-state index contributed by atoms with van der Waals surface area (Å²) in [6, 6.07) is 8.67. The number of benzene rings is 1. The molecule has 1 aromatic rings. The molecule has 1 atom stereocenters. The summed E-state index contributed by atoms with van der Waals surface area (Å²) < 4.78 is 0. The van der Waals surface area contributed by atoms with Crippen LogP contribution in [0.25, 0.3) is 0 Å². The molecule has 16 heavy (non-hydrogen) atoms. The van der Waals surface area contributed by atoms with Crippen LogP contribution in [0.3, 0.4) is 0 Å². The highest BCUT2D eigenvalue weighted by Gasteiger charge is 2.17. The summed E-state index contributed by atoms with van der Waals surface area (Å²) in [5.74, 6) is 1.05. The summed E-state index contributed by atoms with van der Waals surface area (Å²) >= 11 is 0. The molecule has 0 aliphatic heterocycles. The lowest BCUT2D eigenvalue weighted by atomic mass is 9.92. The molecule has 0 spiro atoms. The molecule has 0 saturated heterocycles. The van der Waals surface area contributed by atoms with E-state index in [2.05, 4.69) is 31.2 Å². The van der Waals surface area contributed by atoms with Crippen LogP contribution in [0.2, 0.25) is 0 Å². The molecule has 1 fully saturated rings. The minimum absolute atomic E-state index is 0.468. The maximum atomic E-state index is 11.6. The van der Waals surface area contributed by atoms with E-state index in [1.165, 1.54) is 24.0 Å².